The van der Waals surface area contributed by atoms with Crippen molar-refractivity contribution in [3.05, 3.63) is 46.1 Å². The Balaban J connectivity index is 2.44. The van der Waals surface area contributed by atoms with Gasteiger partial charge in [0, 0.05) is 0 Å². The Morgan fingerprint density at radius 1 is 1.21 bits per heavy atom. The lowest BCUT2D eigenvalue weighted by Gasteiger charge is -2.13. The first-order valence-electron chi connectivity index (χ1n) is 5.63. The average Bonchev–Trinajstić information content (AvgIpc) is 2.34. The highest BCUT2D eigenvalue weighted by Gasteiger charge is 2.17. The van der Waals surface area contributed by atoms with E-state index in [1.165, 1.54) is 18.5 Å². The molecule has 0 saturated carbocycles. The molecular formula is C13H11Cl2FN2O. The second-order valence-electron chi connectivity index (χ2n) is 4.19. The molecule has 0 spiro atoms. The minimum atomic E-state index is -0.631. The van der Waals surface area contributed by atoms with Crippen molar-refractivity contribution in [2.24, 2.45) is 0 Å². The molecule has 0 atom stereocenters. The fourth-order valence-corrected chi connectivity index (χ4v) is 2.10. The molecule has 2 aromatic rings. The zero-order chi connectivity index (χ0) is 14.0. The van der Waals surface area contributed by atoms with Gasteiger partial charge in [0.1, 0.15) is 11.5 Å². The van der Waals surface area contributed by atoms with E-state index in [1.807, 2.05) is 13.8 Å². The summed E-state index contributed by atoms with van der Waals surface area (Å²) >= 11 is 11.7. The Labute approximate surface area is 120 Å². The Bertz CT molecular complexity index is 605. The first-order chi connectivity index (χ1) is 9.00. The quantitative estimate of drug-likeness (QED) is 0.761. The number of halogens is 3. The monoisotopic (exact) mass is 300 g/mol. The molecule has 3 nitrogen and oxygen atoms in total. The van der Waals surface area contributed by atoms with Crippen molar-refractivity contribution in [1.29, 1.82) is 0 Å². The minimum absolute atomic E-state index is 0.00386. The number of benzene rings is 1. The van der Waals surface area contributed by atoms with E-state index < -0.39 is 5.82 Å². The van der Waals surface area contributed by atoms with Crippen LogP contribution in [0.1, 0.15) is 25.3 Å². The molecule has 0 amide bonds. The fraction of sp³-hybridized carbons (Fsp3) is 0.231. The molecule has 1 aromatic carbocycles. The Hall–Kier alpha value is -1.39. The van der Waals surface area contributed by atoms with Crippen molar-refractivity contribution in [2.75, 3.05) is 0 Å². The summed E-state index contributed by atoms with van der Waals surface area (Å²) in [6.07, 6.45) is 1.27. The van der Waals surface area contributed by atoms with Crippen molar-refractivity contribution in [1.82, 2.24) is 9.97 Å². The molecule has 6 heteroatoms. The van der Waals surface area contributed by atoms with Gasteiger partial charge in [-0.1, -0.05) is 43.1 Å². The van der Waals surface area contributed by atoms with Gasteiger partial charge in [0.05, 0.1) is 10.6 Å². The lowest BCUT2D eigenvalue weighted by atomic mass is 10.1. The third-order valence-electron chi connectivity index (χ3n) is 2.50. The van der Waals surface area contributed by atoms with Gasteiger partial charge < -0.3 is 4.74 Å². The number of ether oxygens (including phenoxy) is 1. The third-order valence-corrected chi connectivity index (χ3v) is 3.09. The molecule has 0 aliphatic heterocycles. The lowest BCUT2D eigenvalue weighted by molar-refractivity contribution is 0.419. The van der Waals surface area contributed by atoms with Gasteiger partial charge in [0.15, 0.2) is 11.6 Å². The molecule has 100 valence electrons. The highest BCUT2D eigenvalue weighted by molar-refractivity contribution is 6.31. The van der Waals surface area contributed by atoms with E-state index >= 15 is 0 Å². The highest BCUT2D eigenvalue weighted by atomic mass is 35.5. The second kappa shape index (κ2) is 5.72. The average molecular weight is 301 g/mol. The van der Waals surface area contributed by atoms with Gasteiger partial charge in [0.2, 0.25) is 5.88 Å². The van der Waals surface area contributed by atoms with Gasteiger partial charge in [-0.15, -0.1) is 0 Å². The van der Waals surface area contributed by atoms with E-state index in [1.54, 1.807) is 6.07 Å². The number of rotatable bonds is 3. The van der Waals surface area contributed by atoms with Crippen molar-refractivity contribution < 1.29 is 9.13 Å². The second-order valence-corrected chi connectivity index (χ2v) is 4.96. The van der Waals surface area contributed by atoms with Crippen molar-refractivity contribution in [2.45, 2.75) is 19.8 Å². The molecule has 0 unspecified atom stereocenters. The van der Waals surface area contributed by atoms with E-state index in [-0.39, 0.29) is 22.6 Å². The molecule has 0 fully saturated rings. The molecule has 0 radical (unpaired) electrons. The number of aromatic nitrogens is 2. The summed E-state index contributed by atoms with van der Waals surface area (Å²) in [5.74, 6) is -0.347. The lowest BCUT2D eigenvalue weighted by Crippen LogP contribution is -2.00. The molecule has 0 aliphatic carbocycles. The Morgan fingerprint density at radius 3 is 2.63 bits per heavy atom. The van der Waals surface area contributed by atoms with E-state index in [2.05, 4.69) is 9.97 Å². The summed E-state index contributed by atoms with van der Waals surface area (Å²) in [7, 11) is 0. The van der Waals surface area contributed by atoms with Crippen LogP contribution in [0.5, 0.6) is 11.6 Å². The van der Waals surface area contributed by atoms with Crippen LogP contribution < -0.4 is 4.74 Å². The summed E-state index contributed by atoms with van der Waals surface area (Å²) < 4.78 is 19.3. The molecule has 1 aromatic heterocycles. The topological polar surface area (TPSA) is 35.0 Å². The molecule has 0 aliphatic rings. The van der Waals surface area contributed by atoms with E-state index in [0.29, 0.717) is 10.7 Å². The van der Waals surface area contributed by atoms with Crippen LogP contribution in [0.2, 0.25) is 10.2 Å². The summed E-state index contributed by atoms with van der Waals surface area (Å²) in [6, 6.07) is 4.51. The maximum atomic E-state index is 13.8. The van der Waals surface area contributed by atoms with Gasteiger partial charge in [-0.3, -0.25) is 0 Å². The van der Waals surface area contributed by atoms with Crippen LogP contribution in [0.15, 0.2) is 24.5 Å². The van der Waals surface area contributed by atoms with Crippen molar-refractivity contribution >= 4 is 23.2 Å². The van der Waals surface area contributed by atoms with Gasteiger partial charge in [0.25, 0.3) is 0 Å². The van der Waals surface area contributed by atoms with Gasteiger partial charge >= 0.3 is 0 Å². The SMILES string of the molecule is CC(C)c1c(Cl)ncnc1Oc1cccc(Cl)c1F. The van der Waals surface area contributed by atoms with Crippen LogP contribution in [-0.4, -0.2) is 9.97 Å². The minimum Gasteiger partial charge on any atom is -0.435 e. The van der Waals surface area contributed by atoms with Crippen LogP contribution in [0.25, 0.3) is 0 Å². The highest BCUT2D eigenvalue weighted by Crippen LogP contribution is 2.34. The van der Waals surface area contributed by atoms with E-state index in [0.717, 1.165) is 0 Å². The Kier molecular flexibility index (Phi) is 4.22. The van der Waals surface area contributed by atoms with Gasteiger partial charge in [-0.25, -0.2) is 14.4 Å². The van der Waals surface area contributed by atoms with Gasteiger partial charge in [-0.05, 0) is 18.1 Å². The molecule has 1 heterocycles. The van der Waals surface area contributed by atoms with Crippen molar-refractivity contribution in [3.8, 4) is 11.6 Å². The van der Waals surface area contributed by atoms with Crippen molar-refractivity contribution in [3.63, 3.8) is 0 Å². The zero-order valence-electron chi connectivity index (χ0n) is 10.3. The largest absolute Gasteiger partial charge is 0.435 e. The van der Waals surface area contributed by atoms with Crippen LogP contribution in [0.4, 0.5) is 4.39 Å². The first kappa shape index (κ1) is 14.0. The maximum absolute atomic E-state index is 13.8. The zero-order valence-corrected chi connectivity index (χ0v) is 11.8. The third kappa shape index (κ3) is 2.96. The molecule has 0 N–H and O–H groups in total. The smallest absolute Gasteiger partial charge is 0.227 e. The number of nitrogens with zero attached hydrogens (tertiary/aromatic N) is 2. The van der Waals surface area contributed by atoms with Crippen LogP contribution in [0.3, 0.4) is 0 Å². The summed E-state index contributed by atoms with van der Waals surface area (Å²) in [5, 5.41) is 0.284. The van der Waals surface area contributed by atoms with Crippen LogP contribution in [0, 0.1) is 5.82 Å². The molecule has 2 rings (SSSR count). The molecule has 0 saturated heterocycles. The number of hydrogen-bond acceptors (Lipinski definition) is 3. The fourth-order valence-electron chi connectivity index (χ4n) is 1.59. The maximum Gasteiger partial charge on any atom is 0.227 e. The summed E-state index contributed by atoms with van der Waals surface area (Å²) in [4.78, 5) is 7.90. The van der Waals surface area contributed by atoms with E-state index in [9.17, 15) is 4.39 Å². The van der Waals surface area contributed by atoms with E-state index in [4.69, 9.17) is 27.9 Å². The summed E-state index contributed by atoms with van der Waals surface area (Å²) in [6.45, 7) is 3.84. The normalized spacial score (nSPS) is 10.8. The predicted octanol–water partition coefficient (Wildman–Crippen LogP) is 4.84. The van der Waals surface area contributed by atoms with Crippen LogP contribution >= 0.6 is 23.2 Å². The van der Waals surface area contributed by atoms with Crippen LogP contribution in [-0.2, 0) is 0 Å². The standard InChI is InChI=1S/C13H11Cl2FN2O/c1-7(2)10-12(15)17-6-18-13(10)19-9-5-3-4-8(14)11(9)16/h3-7H,1-2H3. The van der Waals surface area contributed by atoms with Gasteiger partial charge in [-0.2, -0.15) is 0 Å². The number of hydrogen-bond donors (Lipinski definition) is 0. The summed E-state index contributed by atoms with van der Waals surface area (Å²) in [5.41, 5.74) is 0.628. The molecule has 0 bridgehead atoms. The molecular weight excluding hydrogens is 290 g/mol. The molecule has 19 heavy (non-hydrogen) atoms. The first-order valence-corrected chi connectivity index (χ1v) is 6.38. The Morgan fingerprint density at radius 2 is 1.95 bits per heavy atom. The predicted molar refractivity (Wildman–Crippen MR) is 72.6 cm³/mol.